The molecular weight excluding hydrogens is 418 g/mol. The summed E-state index contributed by atoms with van der Waals surface area (Å²) in [6.07, 6.45) is 2.67. The van der Waals surface area contributed by atoms with E-state index in [2.05, 4.69) is 17.4 Å². The molecule has 1 N–H and O–H groups in total. The number of imide groups is 1. The number of amides is 4. The van der Waals surface area contributed by atoms with Crippen molar-refractivity contribution in [2.45, 2.75) is 45.1 Å². The van der Waals surface area contributed by atoms with Crippen LogP contribution in [-0.4, -0.2) is 59.1 Å². The summed E-state index contributed by atoms with van der Waals surface area (Å²) in [6.45, 7) is 3.24. The number of hydrogen-bond acceptors (Lipinski definition) is 4. The Balaban J connectivity index is 1.18. The molecule has 2 heterocycles. The van der Waals surface area contributed by atoms with Gasteiger partial charge in [0.2, 0.25) is 11.8 Å². The fourth-order valence-corrected chi connectivity index (χ4v) is 4.39. The summed E-state index contributed by atoms with van der Waals surface area (Å²) in [6, 6.07) is 15.0. The molecule has 2 aromatic carbocycles. The number of fused-ring (bicyclic) bond motifs is 1. The van der Waals surface area contributed by atoms with Crippen LogP contribution in [0.4, 0.5) is 0 Å². The molecular formula is C26H29N3O4. The van der Waals surface area contributed by atoms with Crippen LogP contribution in [0.5, 0.6) is 0 Å². The molecule has 0 atom stereocenters. The Morgan fingerprint density at radius 2 is 1.52 bits per heavy atom. The topological polar surface area (TPSA) is 86.8 Å². The first-order valence-electron chi connectivity index (χ1n) is 11.5. The Bertz CT molecular complexity index is 1020. The maximum absolute atomic E-state index is 12.6. The van der Waals surface area contributed by atoms with E-state index in [1.165, 1.54) is 5.56 Å². The first kappa shape index (κ1) is 22.7. The summed E-state index contributed by atoms with van der Waals surface area (Å²) in [4.78, 5) is 52.7. The minimum atomic E-state index is -0.338. The van der Waals surface area contributed by atoms with Gasteiger partial charge >= 0.3 is 0 Å². The van der Waals surface area contributed by atoms with Gasteiger partial charge in [0.05, 0.1) is 11.1 Å². The van der Waals surface area contributed by atoms with E-state index in [0.29, 0.717) is 49.9 Å². The van der Waals surface area contributed by atoms with Gasteiger partial charge in [-0.15, -0.1) is 0 Å². The molecule has 1 saturated heterocycles. The molecule has 0 saturated carbocycles. The van der Waals surface area contributed by atoms with E-state index in [1.54, 1.807) is 29.2 Å². The van der Waals surface area contributed by atoms with Gasteiger partial charge in [0.25, 0.3) is 11.8 Å². The number of carbonyl (C=O) groups is 4. The van der Waals surface area contributed by atoms with Gasteiger partial charge in [-0.1, -0.05) is 42.0 Å². The fourth-order valence-electron chi connectivity index (χ4n) is 4.39. The molecule has 2 aliphatic rings. The molecule has 2 aromatic rings. The number of likely N-dealkylation sites (tertiary alicyclic amines) is 1. The maximum Gasteiger partial charge on any atom is 0.261 e. The highest BCUT2D eigenvalue weighted by Gasteiger charge is 2.35. The number of carbonyl (C=O) groups excluding carboxylic acids is 4. The van der Waals surface area contributed by atoms with Crippen molar-refractivity contribution in [1.29, 1.82) is 0 Å². The van der Waals surface area contributed by atoms with Crippen LogP contribution in [0.3, 0.4) is 0 Å². The minimum absolute atomic E-state index is 0.0333. The van der Waals surface area contributed by atoms with E-state index >= 15 is 0 Å². The lowest BCUT2D eigenvalue weighted by Gasteiger charge is -2.32. The summed E-state index contributed by atoms with van der Waals surface area (Å²) < 4.78 is 0. The molecule has 7 nitrogen and oxygen atoms in total. The Labute approximate surface area is 193 Å². The van der Waals surface area contributed by atoms with Gasteiger partial charge < -0.3 is 10.2 Å². The highest BCUT2D eigenvalue weighted by molar-refractivity contribution is 6.21. The predicted octanol–water partition coefficient (Wildman–Crippen LogP) is 2.72. The molecule has 7 heteroatoms. The highest BCUT2D eigenvalue weighted by atomic mass is 16.2. The minimum Gasteiger partial charge on any atom is -0.353 e. The summed E-state index contributed by atoms with van der Waals surface area (Å²) >= 11 is 0. The third kappa shape index (κ3) is 5.30. The molecule has 0 aliphatic carbocycles. The zero-order valence-corrected chi connectivity index (χ0v) is 18.9. The van der Waals surface area contributed by atoms with Crippen LogP contribution in [0.2, 0.25) is 0 Å². The molecule has 172 valence electrons. The average molecular weight is 448 g/mol. The van der Waals surface area contributed by atoms with E-state index in [1.807, 2.05) is 19.1 Å². The summed E-state index contributed by atoms with van der Waals surface area (Å²) in [5.74, 6) is -0.715. The van der Waals surface area contributed by atoms with Crippen LogP contribution in [0.25, 0.3) is 0 Å². The average Bonchev–Trinajstić information content (AvgIpc) is 3.07. The van der Waals surface area contributed by atoms with E-state index in [9.17, 15) is 19.2 Å². The van der Waals surface area contributed by atoms with Gasteiger partial charge in [0.15, 0.2) is 0 Å². The van der Waals surface area contributed by atoms with E-state index in [4.69, 9.17) is 0 Å². The second-order valence-corrected chi connectivity index (χ2v) is 8.77. The van der Waals surface area contributed by atoms with Crippen molar-refractivity contribution in [1.82, 2.24) is 15.1 Å². The molecule has 33 heavy (non-hydrogen) atoms. The third-order valence-electron chi connectivity index (χ3n) is 6.40. The van der Waals surface area contributed by atoms with Crippen molar-refractivity contribution >= 4 is 23.6 Å². The fraction of sp³-hybridized carbons (Fsp3) is 0.385. The van der Waals surface area contributed by atoms with Crippen molar-refractivity contribution in [2.24, 2.45) is 0 Å². The molecule has 1 fully saturated rings. The molecule has 0 bridgehead atoms. The highest BCUT2D eigenvalue weighted by Crippen LogP contribution is 2.23. The SMILES string of the molecule is Cc1ccc(CCC(=O)NC2CCN(C(=O)CCN3C(=O)c4ccccc4C3=O)CC2)cc1. The molecule has 0 spiro atoms. The number of piperidine rings is 1. The Hall–Kier alpha value is -3.48. The summed E-state index contributed by atoms with van der Waals surface area (Å²) in [5.41, 5.74) is 3.14. The molecule has 4 rings (SSSR count). The van der Waals surface area contributed by atoms with E-state index in [0.717, 1.165) is 10.5 Å². The van der Waals surface area contributed by atoms with Gasteiger partial charge in [-0.3, -0.25) is 24.1 Å². The molecule has 2 aliphatic heterocycles. The number of nitrogens with zero attached hydrogens (tertiary/aromatic N) is 2. The van der Waals surface area contributed by atoms with Crippen molar-refractivity contribution in [3.8, 4) is 0 Å². The van der Waals surface area contributed by atoms with Crippen molar-refractivity contribution in [2.75, 3.05) is 19.6 Å². The second-order valence-electron chi connectivity index (χ2n) is 8.77. The molecule has 0 radical (unpaired) electrons. The first-order valence-corrected chi connectivity index (χ1v) is 11.5. The van der Waals surface area contributed by atoms with Crippen LogP contribution in [-0.2, 0) is 16.0 Å². The largest absolute Gasteiger partial charge is 0.353 e. The molecule has 4 amide bonds. The Morgan fingerprint density at radius 3 is 2.12 bits per heavy atom. The van der Waals surface area contributed by atoms with E-state index < -0.39 is 0 Å². The monoisotopic (exact) mass is 447 g/mol. The summed E-state index contributed by atoms with van der Waals surface area (Å²) in [5, 5.41) is 3.08. The number of aryl methyl sites for hydroxylation is 2. The zero-order chi connectivity index (χ0) is 23.4. The smallest absolute Gasteiger partial charge is 0.261 e. The molecule has 0 aromatic heterocycles. The third-order valence-corrected chi connectivity index (χ3v) is 6.40. The quantitative estimate of drug-likeness (QED) is 0.662. The number of benzene rings is 2. The van der Waals surface area contributed by atoms with Gasteiger partial charge in [-0.2, -0.15) is 0 Å². The van der Waals surface area contributed by atoms with Gasteiger partial charge in [-0.25, -0.2) is 0 Å². The van der Waals surface area contributed by atoms with Crippen LogP contribution < -0.4 is 5.32 Å². The van der Waals surface area contributed by atoms with Crippen LogP contribution in [0.1, 0.15) is 57.5 Å². The number of nitrogens with one attached hydrogen (secondary N) is 1. The number of rotatable bonds is 7. The number of hydrogen-bond donors (Lipinski definition) is 1. The van der Waals surface area contributed by atoms with Crippen molar-refractivity contribution < 1.29 is 19.2 Å². The van der Waals surface area contributed by atoms with Gasteiger partial charge in [-0.05, 0) is 43.9 Å². The second kappa shape index (κ2) is 9.98. The van der Waals surface area contributed by atoms with Crippen molar-refractivity contribution in [3.63, 3.8) is 0 Å². The lowest BCUT2D eigenvalue weighted by atomic mass is 10.0. The molecule has 0 unspecified atom stereocenters. The lowest BCUT2D eigenvalue weighted by Crippen LogP contribution is -2.47. The predicted molar refractivity (Wildman–Crippen MR) is 124 cm³/mol. The Morgan fingerprint density at radius 1 is 0.909 bits per heavy atom. The van der Waals surface area contributed by atoms with Crippen LogP contribution in [0.15, 0.2) is 48.5 Å². The van der Waals surface area contributed by atoms with E-state index in [-0.39, 0.29) is 42.6 Å². The van der Waals surface area contributed by atoms with Crippen LogP contribution >= 0.6 is 0 Å². The normalized spacial score (nSPS) is 16.2. The van der Waals surface area contributed by atoms with Crippen molar-refractivity contribution in [3.05, 3.63) is 70.8 Å². The standard InChI is InChI=1S/C26H29N3O4/c1-18-6-8-19(9-7-18)10-11-23(30)27-20-12-15-28(16-13-20)24(31)14-17-29-25(32)21-4-2-3-5-22(21)26(29)33/h2-9,20H,10-17H2,1H3,(H,27,30). The maximum atomic E-state index is 12.6. The zero-order valence-electron chi connectivity index (χ0n) is 18.9. The lowest BCUT2D eigenvalue weighted by molar-refractivity contribution is -0.132. The summed E-state index contributed by atoms with van der Waals surface area (Å²) in [7, 11) is 0. The van der Waals surface area contributed by atoms with Crippen LogP contribution in [0, 0.1) is 6.92 Å². The van der Waals surface area contributed by atoms with Gasteiger partial charge in [0, 0.05) is 38.5 Å². The Kier molecular flexibility index (Phi) is 6.87. The van der Waals surface area contributed by atoms with Gasteiger partial charge in [0.1, 0.15) is 0 Å². The first-order chi connectivity index (χ1) is 15.9.